The molecule has 104 valence electrons. The highest BCUT2D eigenvalue weighted by atomic mass is 16.5. The molecule has 2 fully saturated rings. The summed E-state index contributed by atoms with van der Waals surface area (Å²) in [4.78, 5) is 4.48. The van der Waals surface area contributed by atoms with Crippen LogP contribution in [0.25, 0.3) is 11.5 Å². The zero-order valence-electron chi connectivity index (χ0n) is 11.0. The van der Waals surface area contributed by atoms with E-state index >= 15 is 0 Å². The van der Waals surface area contributed by atoms with E-state index in [2.05, 4.69) is 10.1 Å². The van der Waals surface area contributed by atoms with Crippen molar-refractivity contribution < 1.29 is 14.7 Å². The number of hydrogen-bond acceptors (Lipinski definition) is 5. The number of aromatic hydroxyl groups is 2. The van der Waals surface area contributed by atoms with Gasteiger partial charge in [-0.05, 0) is 49.3 Å². The Balaban J connectivity index is 1.63. The van der Waals surface area contributed by atoms with Crippen LogP contribution in [-0.2, 0) is 0 Å². The van der Waals surface area contributed by atoms with Crippen molar-refractivity contribution in [3.8, 4) is 23.0 Å². The second-order valence-corrected chi connectivity index (χ2v) is 5.94. The van der Waals surface area contributed by atoms with E-state index in [9.17, 15) is 10.2 Å². The fourth-order valence-electron chi connectivity index (χ4n) is 3.72. The maximum absolute atomic E-state index is 9.53. The first kappa shape index (κ1) is 11.8. The van der Waals surface area contributed by atoms with Crippen molar-refractivity contribution in [1.29, 1.82) is 0 Å². The van der Waals surface area contributed by atoms with Crippen LogP contribution in [0.4, 0.5) is 0 Å². The SMILES string of the molecule is Oc1ccc(-c2nc(C3CC4CCC3C4)no2)cc1O. The minimum absolute atomic E-state index is 0.151. The molecule has 0 saturated heterocycles. The molecular weight excluding hydrogens is 256 g/mol. The Bertz CT molecular complexity index is 652. The van der Waals surface area contributed by atoms with Gasteiger partial charge in [0.05, 0.1) is 0 Å². The van der Waals surface area contributed by atoms with Gasteiger partial charge in [-0.2, -0.15) is 4.98 Å². The van der Waals surface area contributed by atoms with Crippen molar-refractivity contribution in [2.24, 2.45) is 11.8 Å². The van der Waals surface area contributed by atoms with Crippen molar-refractivity contribution in [2.45, 2.75) is 31.6 Å². The van der Waals surface area contributed by atoms with E-state index in [4.69, 9.17) is 4.52 Å². The highest BCUT2D eigenvalue weighted by Crippen LogP contribution is 2.52. The lowest BCUT2D eigenvalue weighted by molar-refractivity contribution is 0.372. The van der Waals surface area contributed by atoms with Gasteiger partial charge >= 0.3 is 0 Å². The lowest BCUT2D eigenvalue weighted by atomic mass is 9.88. The Morgan fingerprint density at radius 1 is 1.10 bits per heavy atom. The molecule has 3 atom stereocenters. The molecule has 2 aliphatic rings. The van der Waals surface area contributed by atoms with Gasteiger partial charge in [0.2, 0.25) is 0 Å². The third-order valence-electron chi connectivity index (χ3n) is 4.73. The Labute approximate surface area is 116 Å². The van der Waals surface area contributed by atoms with Crippen LogP contribution in [0.1, 0.15) is 37.4 Å². The first-order chi connectivity index (χ1) is 9.70. The molecule has 1 aromatic heterocycles. The third-order valence-corrected chi connectivity index (χ3v) is 4.73. The molecule has 2 saturated carbocycles. The van der Waals surface area contributed by atoms with Gasteiger partial charge in [-0.1, -0.05) is 11.6 Å². The van der Waals surface area contributed by atoms with Crippen molar-refractivity contribution in [2.75, 3.05) is 0 Å². The molecule has 1 aromatic carbocycles. The fraction of sp³-hybridized carbons (Fsp3) is 0.467. The quantitative estimate of drug-likeness (QED) is 0.821. The first-order valence-corrected chi connectivity index (χ1v) is 7.06. The van der Waals surface area contributed by atoms with Crippen molar-refractivity contribution in [3.63, 3.8) is 0 Å². The Morgan fingerprint density at radius 2 is 2.00 bits per heavy atom. The summed E-state index contributed by atoms with van der Waals surface area (Å²) in [5, 5.41) is 23.0. The molecule has 2 aliphatic carbocycles. The summed E-state index contributed by atoms with van der Waals surface area (Å²) in [5.74, 6) is 2.84. The van der Waals surface area contributed by atoms with Crippen LogP contribution in [0.15, 0.2) is 22.7 Å². The highest BCUT2D eigenvalue weighted by molar-refractivity contribution is 5.58. The average Bonchev–Trinajstić information content (AvgIpc) is 3.16. The molecule has 4 rings (SSSR count). The lowest BCUT2D eigenvalue weighted by Crippen LogP contribution is -2.09. The number of fused-ring (bicyclic) bond motifs is 2. The van der Waals surface area contributed by atoms with E-state index in [0.29, 0.717) is 23.3 Å². The van der Waals surface area contributed by atoms with Gasteiger partial charge in [-0.25, -0.2) is 0 Å². The normalized spacial score (nSPS) is 28.1. The molecule has 20 heavy (non-hydrogen) atoms. The van der Waals surface area contributed by atoms with Gasteiger partial charge < -0.3 is 14.7 Å². The number of hydrogen-bond donors (Lipinski definition) is 2. The van der Waals surface area contributed by atoms with Gasteiger partial charge in [-0.3, -0.25) is 0 Å². The molecule has 1 heterocycles. The maximum Gasteiger partial charge on any atom is 0.258 e. The first-order valence-electron chi connectivity index (χ1n) is 7.06. The van der Waals surface area contributed by atoms with Gasteiger partial charge in [0.15, 0.2) is 17.3 Å². The maximum atomic E-state index is 9.53. The largest absolute Gasteiger partial charge is 0.504 e. The molecule has 0 radical (unpaired) electrons. The van der Waals surface area contributed by atoms with E-state index in [-0.39, 0.29) is 11.5 Å². The summed E-state index contributed by atoms with van der Waals surface area (Å²) in [7, 11) is 0. The van der Waals surface area contributed by atoms with Crippen LogP contribution < -0.4 is 0 Å². The smallest absolute Gasteiger partial charge is 0.258 e. The van der Waals surface area contributed by atoms with Crippen LogP contribution in [0, 0.1) is 11.8 Å². The zero-order valence-corrected chi connectivity index (χ0v) is 11.0. The molecule has 3 unspecified atom stereocenters. The molecule has 5 nitrogen and oxygen atoms in total. The Hall–Kier alpha value is -2.04. The number of aromatic nitrogens is 2. The molecule has 0 spiro atoms. The highest BCUT2D eigenvalue weighted by Gasteiger charge is 2.42. The van der Waals surface area contributed by atoms with Crippen LogP contribution in [0.5, 0.6) is 11.5 Å². The summed E-state index contributed by atoms with van der Waals surface area (Å²) in [6.45, 7) is 0. The van der Waals surface area contributed by atoms with Gasteiger partial charge in [0, 0.05) is 11.5 Å². The predicted octanol–water partition coefficient (Wildman–Crippen LogP) is 3.05. The fourth-order valence-corrected chi connectivity index (χ4v) is 3.72. The molecule has 2 aromatic rings. The second kappa shape index (κ2) is 4.23. The average molecular weight is 272 g/mol. The molecular formula is C15H16N2O3. The number of rotatable bonds is 2. The van der Waals surface area contributed by atoms with Gasteiger partial charge in [0.1, 0.15) is 0 Å². The molecule has 0 aliphatic heterocycles. The number of benzene rings is 1. The predicted molar refractivity (Wildman–Crippen MR) is 71.3 cm³/mol. The van der Waals surface area contributed by atoms with Crippen molar-refractivity contribution in [3.05, 3.63) is 24.0 Å². The van der Waals surface area contributed by atoms with Gasteiger partial charge in [0.25, 0.3) is 5.89 Å². The summed E-state index contributed by atoms with van der Waals surface area (Å²) in [6.07, 6.45) is 5.09. The molecule has 0 amide bonds. The third kappa shape index (κ3) is 1.77. The van der Waals surface area contributed by atoms with Crippen LogP contribution in [0.3, 0.4) is 0 Å². The summed E-state index contributed by atoms with van der Waals surface area (Å²) < 4.78 is 5.31. The molecule has 2 N–H and O–H groups in total. The second-order valence-electron chi connectivity index (χ2n) is 5.94. The zero-order chi connectivity index (χ0) is 13.7. The van der Waals surface area contributed by atoms with E-state index in [1.807, 2.05) is 0 Å². The minimum atomic E-state index is -0.179. The van der Waals surface area contributed by atoms with E-state index < -0.39 is 0 Å². The van der Waals surface area contributed by atoms with E-state index in [1.165, 1.54) is 37.8 Å². The standard InChI is InChI=1S/C15H16N2O3/c18-12-4-3-10(7-13(12)19)15-16-14(17-20-15)11-6-8-1-2-9(11)5-8/h3-4,7-9,11,18-19H,1-2,5-6H2. The Kier molecular flexibility index (Phi) is 2.49. The number of phenols is 2. The van der Waals surface area contributed by atoms with Crippen LogP contribution in [-0.4, -0.2) is 20.4 Å². The van der Waals surface area contributed by atoms with E-state index in [1.54, 1.807) is 6.07 Å². The number of nitrogens with zero attached hydrogens (tertiary/aromatic N) is 2. The monoisotopic (exact) mass is 272 g/mol. The van der Waals surface area contributed by atoms with Crippen LogP contribution >= 0.6 is 0 Å². The van der Waals surface area contributed by atoms with E-state index in [0.717, 1.165) is 11.7 Å². The summed E-state index contributed by atoms with van der Waals surface area (Å²) in [5.41, 5.74) is 0.627. The topological polar surface area (TPSA) is 79.4 Å². The Morgan fingerprint density at radius 3 is 2.70 bits per heavy atom. The van der Waals surface area contributed by atoms with Gasteiger partial charge in [-0.15, -0.1) is 0 Å². The van der Waals surface area contributed by atoms with Crippen LogP contribution in [0.2, 0.25) is 0 Å². The minimum Gasteiger partial charge on any atom is -0.504 e. The lowest BCUT2D eigenvalue weighted by Gasteiger charge is -2.17. The van der Waals surface area contributed by atoms with Crippen molar-refractivity contribution >= 4 is 0 Å². The summed E-state index contributed by atoms with van der Waals surface area (Å²) >= 11 is 0. The number of phenolic OH excluding ortho intramolecular Hbond substituents is 2. The van der Waals surface area contributed by atoms with Crippen molar-refractivity contribution in [1.82, 2.24) is 10.1 Å². The molecule has 2 bridgehead atoms. The molecule has 5 heteroatoms. The summed E-state index contributed by atoms with van der Waals surface area (Å²) in [6, 6.07) is 4.52.